The lowest BCUT2D eigenvalue weighted by molar-refractivity contribution is 0.343. The van der Waals surface area contributed by atoms with Crippen LogP contribution in [0, 0.1) is 11.3 Å². The molecular formula is C20H19FN6O3S. The fraction of sp³-hybridized carbons (Fsp3) is 0.250. The van der Waals surface area contributed by atoms with E-state index < -0.39 is 16.4 Å². The summed E-state index contributed by atoms with van der Waals surface area (Å²) in [6.45, 7) is -0.133. The molecule has 4 rings (SSSR count). The maximum absolute atomic E-state index is 13.4. The number of aryl methyl sites for hydroxylation is 1. The van der Waals surface area contributed by atoms with E-state index in [4.69, 9.17) is 0 Å². The highest BCUT2D eigenvalue weighted by Crippen LogP contribution is 2.29. The molecule has 1 aliphatic heterocycles. The second kappa shape index (κ2) is 7.98. The SMILES string of the molecule is Cn1cnc2ccc(Nc3cccc(NS(=O)(=O)N4CC[C@@H](F)C4)c3C#N)cc2c1=O. The van der Waals surface area contributed by atoms with Crippen LogP contribution in [-0.4, -0.2) is 41.5 Å². The third-order valence-electron chi connectivity index (χ3n) is 5.04. The molecule has 31 heavy (non-hydrogen) atoms. The molecule has 1 saturated heterocycles. The summed E-state index contributed by atoms with van der Waals surface area (Å²) in [5.74, 6) is 0. The molecule has 3 aromatic rings. The summed E-state index contributed by atoms with van der Waals surface area (Å²) in [4.78, 5) is 16.5. The quantitative estimate of drug-likeness (QED) is 0.625. The molecule has 2 aromatic carbocycles. The largest absolute Gasteiger partial charge is 0.354 e. The normalized spacial score (nSPS) is 16.9. The number of aromatic nitrogens is 2. The Morgan fingerprint density at radius 1 is 1.26 bits per heavy atom. The van der Waals surface area contributed by atoms with Gasteiger partial charge < -0.3 is 9.88 Å². The fourth-order valence-corrected chi connectivity index (χ4v) is 4.70. The number of nitriles is 1. The molecule has 1 aromatic heterocycles. The van der Waals surface area contributed by atoms with Crippen molar-refractivity contribution in [1.29, 1.82) is 5.26 Å². The zero-order valence-electron chi connectivity index (χ0n) is 16.5. The van der Waals surface area contributed by atoms with Gasteiger partial charge in [-0.2, -0.15) is 18.0 Å². The summed E-state index contributed by atoms with van der Waals surface area (Å²) >= 11 is 0. The van der Waals surface area contributed by atoms with Crippen LogP contribution in [0.25, 0.3) is 10.9 Å². The first-order valence-corrected chi connectivity index (χ1v) is 10.9. The van der Waals surface area contributed by atoms with Crippen molar-refractivity contribution in [2.75, 3.05) is 23.1 Å². The summed E-state index contributed by atoms with van der Waals surface area (Å²) in [6, 6.07) is 11.7. The summed E-state index contributed by atoms with van der Waals surface area (Å²) in [7, 11) is -2.39. The maximum atomic E-state index is 13.4. The van der Waals surface area contributed by atoms with Gasteiger partial charge in [-0.25, -0.2) is 9.37 Å². The van der Waals surface area contributed by atoms with E-state index in [1.807, 2.05) is 6.07 Å². The first-order valence-electron chi connectivity index (χ1n) is 9.46. The molecule has 1 fully saturated rings. The molecule has 1 aliphatic rings. The van der Waals surface area contributed by atoms with Crippen molar-refractivity contribution in [3.63, 3.8) is 0 Å². The fourth-order valence-electron chi connectivity index (χ4n) is 3.42. The number of benzene rings is 2. The summed E-state index contributed by atoms with van der Waals surface area (Å²) in [6.07, 6.45) is 0.381. The lowest BCUT2D eigenvalue weighted by atomic mass is 10.1. The van der Waals surface area contributed by atoms with Crippen LogP contribution in [0.1, 0.15) is 12.0 Å². The van der Waals surface area contributed by atoms with Crippen molar-refractivity contribution in [1.82, 2.24) is 13.9 Å². The van der Waals surface area contributed by atoms with Gasteiger partial charge in [0.2, 0.25) is 0 Å². The number of nitrogens with zero attached hydrogens (tertiary/aromatic N) is 4. The second-order valence-electron chi connectivity index (χ2n) is 7.21. The molecule has 0 amide bonds. The lowest BCUT2D eigenvalue weighted by Gasteiger charge is -2.18. The molecule has 160 valence electrons. The van der Waals surface area contributed by atoms with E-state index in [0.717, 1.165) is 4.31 Å². The van der Waals surface area contributed by atoms with Crippen molar-refractivity contribution in [3.05, 3.63) is 58.6 Å². The monoisotopic (exact) mass is 442 g/mol. The Bertz CT molecular complexity index is 1370. The molecule has 0 unspecified atom stereocenters. The Balaban J connectivity index is 1.66. The average Bonchev–Trinajstić information content (AvgIpc) is 3.18. The van der Waals surface area contributed by atoms with Crippen LogP contribution in [-0.2, 0) is 17.3 Å². The van der Waals surface area contributed by atoms with Crippen LogP contribution in [0.2, 0.25) is 0 Å². The standard InChI is InChI=1S/C20H19FN6O3S/c1-26-12-23-17-6-5-14(9-15(17)20(26)28)24-18-3-2-4-19(16(18)10-22)25-31(29,30)27-8-7-13(21)11-27/h2-6,9,12-13,24-25H,7-8,11H2,1H3/t13-/m1/s1. The van der Waals surface area contributed by atoms with Crippen LogP contribution in [0.4, 0.5) is 21.5 Å². The highest BCUT2D eigenvalue weighted by molar-refractivity contribution is 7.90. The van der Waals surface area contributed by atoms with Crippen molar-refractivity contribution in [3.8, 4) is 6.07 Å². The second-order valence-corrected chi connectivity index (χ2v) is 8.88. The molecule has 11 heteroatoms. The maximum Gasteiger partial charge on any atom is 0.301 e. The molecule has 0 aliphatic carbocycles. The lowest BCUT2D eigenvalue weighted by Crippen LogP contribution is -2.34. The first-order chi connectivity index (χ1) is 14.8. The van der Waals surface area contributed by atoms with Gasteiger partial charge in [-0.3, -0.25) is 9.52 Å². The number of halogens is 1. The number of anilines is 3. The number of hydrogen-bond acceptors (Lipinski definition) is 6. The number of nitrogens with one attached hydrogen (secondary N) is 2. The van der Waals surface area contributed by atoms with Gasteiger partial charge in [0.1, 0.15) is 12.2 Å². The molecule has 1 atom stereocenters. The average molecular weight is 442 g/mol. The topological polar surface area (TPSA) is 120 Å². The summed E-state index contributed by atoms with van der Waals surface area (Å²) < 4.78 is 43.3. The van der Waals surface area contributed by atoms with E-state index >= 15 is 0 Å². The van der Waals surface area contributed by atoms with Gasteiger partial charge in [0.05, 0.1) is 34.2 Å². The van der Waals surface area contributed by atoms with Gasteiger partial charge in [-0.05, 0) is 36.8 Å². The van der Waals surface area contributed by atoms with Gasteiger partial charge in [0, 0.05) is 25.8 Å². The Labute approximate surface area is 177 Å². The van der Waals surface area contributed by atoms with Crippen LogP contribution >= 0.6 is 0 Å². The van der Waals surface area contributed by atoms with Crippen LogP contribution < -0.4 is 15.6 Å². The molecule has 2 N–H and O–H groups in total. The van der Waals surface area contributed by atoms with Crippen molar-refractivity contribution in [2.45, 2.75) is 12.6 Å². The van der Waals surface area contributed by atoms with Crippen LogP contribution in [0.15, 0.2) is 47.5 Å². The number of rotatable bonds is 5. The van der Waals surface area contributed by atoms with Gasteiger partial charge in [0.25, 0.3) is 5.56 Å². The number of hydrogen-bond donors (Lipinski definition) is 2. The molecule has 9 nitrogen and oxygen atoms in total. The molecule has 0 bridgehead atoms. The predicted octanol–water partition coefficient (Wildman–Crippen LogP) is 2.25. The van der Waals surface area contributed by atoms with E-state index in [1.165, 1.54) is 17.0 Å². The zero-order chi connectivity index (χ0) is 22.2. The zero-order valence-corrected chi connectivity index (χ0v) is 17.4. The molecular weight excluding hydrogens is 423 g/mol. The van der Waals surface area contributed by atoms with Crippen LogP contribution in [0.3, 0.4) is 0 Å². The van der Waals surface area contributed by atoms with Gasteiger partial charge in [-0.15, -0.1) is 0 Å². The Morgan fingerprint density at radius 2 is 2.03 bits per heavy atom. The molecule has 2 heterocycles. The summed E-state index contributed by atoms with van der Waals surface area (Å²) in [5.41, 5.74) is 1.36. The van der Waals surface area contributed by atoms with E-state index in [9.17, 15) is 22.9 Å². The van der Waals surface area contributed by atoms with Crippen molar-refractivity contribution in [2.24, 2.45) is 7.05 Å². The van der Waals surface area contributed by atoms with Crippen molar-refractivity contribution < 1.29 is 12.8 Å². The predicted molar refractivity (Wildman–Crippen MR) is 115 cm³/mol. The third-order valence-corrected chi connectivity index (χ3v) is 6.53. The molecule has 0 saturated carbocycles. The number of fused-ring (bicyclic) bond motifs is 1. The minimum absolute atomic E-state index is 0.0706. The van der Waals surface area contributed by atoms with Crippen molar-refractivity contribution >= 4 is 38.2 Å². The Morgan fingerprint density at radius 3 is 2.74 bits per heavy atom. The first kappa shape index (κ1) is 20.8. The Kier molecular flexibility index (Phi) is 5.34. The van der Waals surface area contributed by atoms with E-state index in [-0.39, 0.29) is 36.3 Å². The highest BCUT2D eigenvalue weighted by atomic mass is 32.2. The van der Waals surface area contributed by atoms with Gasteiger partial charge in [0.15, 0.2) is 0 Å². The van der Waals surface area contributed by atoms with Crippen LogP contribution in [0.5, 0.6) is 0 Å². The van der Waals surface area contributed by atoms with E-state index in [2.05, 4.69) is 15.0 Å². The molecule has 0 spiro atoms. The van der Waals surface area contributed by atoms with Gasteiger partial charge >= 0.3 is 10.2 Å². The summed E-state index contributed by atoms with van der Waals surface area (Å²) in [5, 5.41) is 13.1. The van der Waals surface area contributed by atoms with Gasteiger partial charge in [-0.1, -0.05) is 6.07 Å². The van der Waals surface area contributed by atoms with E-state index in [0.29, 0.717) is 22.3 Å². The molecule has 0 radical (unpaired) electrons. The number of alkyl halides is 1. The third kappa shape index (κ3) is 4.08. The van der Waals surface area contributed by atoms with E-state index in [1.54, 1.807) is 37.4 Å². The Hall–Kier alpha value is -3.49. The smallest absolute Gasteiger partial charge is 0.301 e. The minimum atomic E-state index is -4.00. The minimum Gasteiger partial charge on any atom is -0.354 e. The highest BCUT2D eigenvalue weighted by Gasteiger charge is 2.31.